The van der Waals surface area contributed by atoms with Gasteiger partial charge in [0.05, 0.1) is 5.56 Å². The summed E-state index contributed by atoms with van der Waals surface area (Å²) in [6.07, 6.45) is -4.92. The number of amidine groups is 1. The first kappa shape index (κ1) is 16.1. The Bertz CT molecular complexity index is 818. The molecule has 0 bridgehead atoms. The van der Waals surface area contributed by atoms with Crippen molar-refractivity contribution in [1.82, 2.24) is 0 Å². The largest absolute Gasteiger partial charge is 0.485 e. The first-order valence-electron chi connectivity index (χ1n) is 6.93. The van der Waals surface area contributed by atoms with Crippen molar-refractivity contribution in [2.24, 2.45) is 10.9 Å². The SMILES string of the molecule is N/C(=N\O)c1cc(F)cc(C2Cc3cc(C(F)(F)F)ccc3O2)c1. The lowest BCUT2D eigenvalue weighted by Crippen LogP contribution is -2.15. The number of fused-ring (bicyclic) bond motifs is 1. The molecule has 4 nitrogen and oxygen atoms in total. The Labute approximate surface area is 134 Å². The van der Waals surface area contributed by atoms with Crippen LogP contribution in [0.1, 0.15) is 28.4 Å². The maximum absolute atomic E-state index is 13.7. The average Bonchev–Trinajstić information content (AvgIpc) is 2.95. The maximum atomic E-state index is 13.7. The van der Waals surface area contributed by atoms with Crippen LogP contribution in [-0.2, 0) is 12.6 Å². The monoisotopic (exact) mass is 340 g/mol. The summed E-state index contributed by atoms with van der Waals surface area (Å²) in [4.78, 5) is 0. The highest BCUT2D eigenvalue weighted by molar-refractivity contribution is 5.97. The summed E-state index contributed by atoms with van der Waals surface area (Å²) in [7, 11) is 0. The van der Waals surface area contributed by atoms with Crippen LogP contribution in [0.15, 0.2) is 41.6 Å². The second-order valence-electron chi connectivity index (χ2n) is 5.39. The summed E-state index contributed by atoms with van der Waals surface area (Å²) in [6, 6.07) is 6.98. The third kappa shape index (κ3) is 2.99. The van der Waals surface area contributed by atoms with E-state index in [1.165, 1.54) is 18.2 Å². The van der Waals surface area contributed by atoms with Crippen molar-refractivity contribution >= 4 is 5.84 Å². The van der Waals surface area contributed by atoms with Crippen LogP contribution < -0.4 is 10.5 Å². The van der Waals surface area contributed by atoms with Gasteiger partial charge in [-0.25, -0.2) is 4.39 Å². The summed E-state index contributed by atoms with van der Waals surface area (Å²) >= 11 is 0. The number of halogens is 4. The maximum Gasteiger partial charge on any atom is 0.416 e. The topological polar surface area (TPSA) is 67.8 Å². The zero-order valence-electron chi connectivity index (χ0n) is 12.1. The molecule has 8 heteroatoms. The highest BCUT2D eigenvalue weighted by Crippen LogP contribution is 2.40. The molecular formula is C16H12F4N2O2. The Morgan fingerprint density at radius 3 is 2.62 bits per heavy atom. The van der Waals surface area contributed by atoms with E-state index in [2.05, 4.69) is 5.16 Å². The number of rotatable bonds is 2. The number of ether oxygens (including phenoxy) is 1. The van der Waals surface area contributed by atoms with Gasteiger partial charge in [-0.2, -0.15) is 13.2 Å². The predicted octanol–water partition coefficient (Wildman–Crippen LogP) is 3.62. The highest BCUT2D eigenvalue weighted by Gasteiger charge is 2.33. The molecule has 0 amide bonds. The second kappa shape index (κ2) is 5.70. The molecule has 24 heavy (non-hydrogen) atoms. The normalized spacial score (nSPS) is 17.5. The molecule has 0 saturated heterocycles. The lowest BCUT2D eigenvalue weighted by atomic mass is 10.00. The van der Waals surface area contributed by atoms with E-state index in [1.54, 1.807) is 0 Å². The molecule has 2 aromatic carbocycles. The van der Waals surface area contributed by atoms with E-state index in [4.69, 9.17) is 15.7 Å². The van der Waals surface area contributed by atoms with Crippen molar-refractivity contribution < 1.29 is 27.5 Å². The van der Waals surface area contributed by atoms with Gasteiger partial charge in [-0.05, 0) is 47.5 Å². The minimum Gasteiger partial charge on any atom is -0.485 e. The van der Waals surface area contributed by atoms with E-state index in [-0.39, 0.29) is 17.8 Å². The zero-order chi connectivity index (χ0) is 17.5. The molecule has 1 unspecified atom stereocenters. The Kier molecular flexibility index (Phi) is 3.82. The smallest absolute Gasteiger partial charge is 0.416 e. The first-order chi connectivity index (χ1) is 11.3. The van der Waals surface area contributed by atoms with Crippen LogP contribution in [0.4, 0.5) is 17.6 Å². The number of benzene rings is 2. The van der Waals surface area contributed by atoms with Crippen LogP contribution in [0.2, 0.25) is 0 Å². The molecule has 3 rings (SSSR count). The second-order valence-corrected chi connectivity index (χ2v) is 5.39. The molecule has 2 aromatic rings. The summed E-state index contributed by atoms with van der Waals surface area (Å²) in [5.41, 5.74) is 5.63. The first-order valence-corrected chi connectivity index (χ1v) is 6.93. The number of hydrogen-bond donors (Lipinski definition) is 2. The van der Waals surface area contributed by atoms with Crippen LogP contribution >= 0.6 is 0 Å². The molecule has 0 aliphatic carbocycles. The standard InChI is InChI=1S/C16H12F4N2O2/c17-12-5-8(3-10(6-12)15(21)22-23)14-7-9-4-11(16(18,19)20)1-2-13(9)24-14/h1-6,14,23H,7H2,(H2,21,22). The van der Waals surface area contributed by atoms with Crippen molar-refractivity contribution in [3.63, 3.8) is 0 Å². The van der Waals surface area contributed by atoms with Gasteiger partial charge < -0.3 is 15.7 Å². The molecule has 1 aliphatic rings. The molecule has 0 spiro atoms. The van der Waals surface area contributed by atoms with Crippen molar-refractivity contribution in [3.8, 4) is 5.75 Å². The Hall–Kier alpha value is -2.77. The van der Waals surface area contributed by atoms with Gasteiger partial charge in [0.1, 0.15) is 17.7 Å². The third-order valence-corrected chi connectivity index (χ3v) is 3.76. The predicted molar refractivity (Wildman–Crippen MR) is 77.4 cm³/mol. The van der Waals surface area contributed by atoms with Gasteiger partial charge in [0.2, 0.25) is 0 Å². The Morgan fingerprint density at radius 2 is 1.96 bits per heavy atom. The Balaban J connectivity index is 1.92. The Morgan fingerprint density at radius 1 is 1.21 bits per heavy atom. The highest BCUT2D eigenvalue weighted by atomic mass is 19.4. The van der Waals surface area contributed by atoms with E-state index in [9.17, 15) is 17.6 Å². The number of oxime groups is 1. The van der Waals surface area contributed by atoms with Gasteiger partial charge in [0.15, 0.2) is 5.84 Å². The average molecular weight is 340 g/mol. The minimum atomic E-state index is -4.44. The molecule has 0 radical (unpaired) electrons. The fraction of sp³-hybridized carbons (Fsp3) is 0.188. The van der Waals surface area contributed by atoms with Gasteiger partial charge in [0.25, 0.3) is 0 Å². The van der Waals surface area contributed by atoms with Crippen molar-refractivity contribution in [2.45, 2.75) is 18.7 Å². The van der Waals surface area contributed by atoms with E-state index >= 15 is 0 Å². The van der Waals surface area contributed by atoms with Gasteiger partial charge in [0, 0.05) is 12.0 Å². The molecule has 0 fully saturated rings. The lowest BCUT2D eigenvalue weighted by molar-refractivity contribution is -0.137. The van der Waals surface area contributed by atoms with Crippen LogP contribution in [-0.4, -0.2) is 11.0 Å². The van der Waals surface area contributed by atoms with Crippen molar-refractivity contribution in [2.75, 3.05) is 0 Å². The molecule has 1 heterocycles. The summed E-state index contributed by atoms with van der Waals surface area (Å²) in [5, 5.41) is 11.5. The molecule has 1 atom stereocenters. The molecule has 1 aliphatic heterocycles. The molecule has 0 saturated carbocycles. The fourth-order valence-electron chi connectivity index (χ4n) is 2.61. The number of nitrogens with two attached hydrogens (primary N) is 1. The van der Waals surface area contributed by atoms with Crippen LogP contribution in [0.3, 0.4) is 0 Å². The fourth-order valence-corrected chi connectivity index (χ4v) is 2.61. The zero-order valence-corrected chi connectivity index (χ0v) is 12.1. The minimum absolute atomic E-state index is 0.156. The van der Waals surface area contributed by atoms with Gasteiger partial charge in [-0.1, -0.05) is 5.16 Å². The quantitative estimate of drug-likeness (QED) is 0.288. The summed E-state index contributed by atoms with van der Waals surface area (Å²) < 4.78 is 57.6. The van der Waals surface area contributed by atoms with Crippen LogP contribution in [0.25, 0.3) is 0 Å². The number of nitrogens with zero attached hydrogens (tertiary/aromatic N) is 1. The van der Waals surface area contributed by atoms with Gasteiger partial charge in [-0.3, -0.25) is 0 Å². The summed E-state index contributed by atoms with van der Waals surface area (Å²) in [5.74, 6) is -0.571. The molecule has 3 N–H and O–H groups in total. The molecule has 0 aromatic heterocycles. The van der Waals surface area contributed by atoms with Gasteiger partial charge in [-0.15, -0.1) is 0 Å². The third-order valence-electron chi connectivity index (χ3n) is 3.76. The van der Waals surface area contributed by atoms with E-state index in [0.29, 0.717) is 16.9 Å². The van der Waals surface area contributed by atoms with Crippen LogP contribution in [0, 0.1) is 5.82 Å². The van der Waals surface area contributed by atoms with Crippen molar-refractivity contribution in [1.29, 1.82) is 0 Å². The molecule has 126 valence electrons. The van der Waals surface area contributed by atoms with Crippen molar-refractivity contribution in [3.05, 3.63) is 64.5 Å². The number of hydrogen-bond acceptors (Lipinski definition) is 3. The van der Waals surface area contributed by atoms with E-state index in [0.717, 1.165) is 18.2 Å². The lowest BCUT2D eigenvalue weighted by Gasteiger charge is -2.12. The van der Waals surface area contributed by atoms with Gasteiger partial charge >= 0.3 is 6.18 Å². The molecular weight excluding hydrogens is 328 g/mol. The summed E-state index contributed by atoms with van der Waals surface area (Å²) in [6.45, 7) is 0. The van der Waals surface area contributed by atoms with E-state index in [1.807, 2.05) is 0 Å². The van der Waals surface area contributed by atoms with Crippen LogP contribution in [0.5, 0.6) is 5.75 Å². The number of alkyl halides is 3. The van der Waals surface area contributed by atoms with E-state index < -0.39 is 23.7 Å².